The Morgan fingerprint density at radius 3 is 2.39 bits per heavy atom. The van der Waals surface area contributed by atoms with Gasteiger partial charge < -0.3 is 9.47 Å². The molecule has 1 heterocycles. The maximum Gasteiger partial charge on any atom is 0.312 e. The van der Waals surface area contributed by atoms with Crippen molar-refractivity contribution in [2.45, 2.75) is 38.2 Å². The first-order valence-corrected chi connectivity index (χ1v) is 11.4. The van der Waals surface area contributed by atoms with E-state index in [1.54, 1.807) is 18.2 Å². The first-order chi connectivity index (χ1) is 14.7. The van der Waals surface area contributed by atoms with E-state index < -0.39 is 20.6 Å². The molecule has 0 radical (unpaired) electrons. The summed E-state index contributed by atoms with van der Waals surface area (Å²) in [5.41, 5.74) is 0.571. The van der Waals surface area contributed by atoms with Crippen molar-refractivity contribution in [1.82, 2.24) is 4.31 Å². The molecule has 0 aromatic heterocycles. The number of hydrogen-bond acceptors (Lipinski definition) is 7. The number of ketones is 1. The molecule has 166 valence electrons. The van der Waals surface area contributed by atoms with E-state index in [0.29, 0.717) is 36.6 Å². The highest BCUT2D eigenvalue weighted by Gasteiger charge is 2.30. The summed E-state index contributed by atoms with van der Waals surface area (Å²) < 4.78 is 38.0. The van der Waals surface area contributed by atoms with Gasteiger partial charge in [0, 0.05) is 30.3 Å². The van der Waals surface area contributed by atoms with E-state index in [-0.39, 0.29) is 23.0 Å². The standard InChI is InChI=1S/C21H24N2O7S/c1-3-29-20-8-6-16(15(2)24)12-17(20)14-30-21-9-7-18(13-19(21)23(25)26)31(27,28)22-10-4-5-11-22/h6-9,12-13H,3-5,10-11,14H2,1-2H3. The Kier molecular flexibility index (Phi) is 6.91. The molecule has 10 heteroatoms. The minimum Gasteiger partial charge on any atom is -0.493 e. The minimum atomic E-state index is -3.79. The second kappa shape index (κ2) is 9.44. The molecule has 1 saturated heterocycles. The third kappa shape index (κ3) is 5.02. The largest absolute Gasteiger partial charge is 0.493 e. The lowest BCUT2D eigenvalue weighted by Crippen LogP contribution is -2.27. The lowest BCUT2D eigenvalue weighted by Gasteiger charge is -2.16. The van der Waals surface area contributed by atoms with E-state index in [0.717, 1.165) is 18.9 Å². The van der Waals surface area contributed by atoms with Crippen molar-refractivity contribution in [1.29, 1.82) is 0 Å². The van der Waals surface area contributed by atoms with Crippen molar-refractivity contribution in [3.63, 3.8) is 0 Å². The van der Waals surface area contributed by atoms with Crippen molar-refractivity contribution in [3.05, 3.63) is 57.6 Å². The molecule has 0 saturated carbocycles. The molecule has 1 aliphatic rings. The van der Waals surface area contributed by atoms with Crippen LogP contribution in [0.3, 0.4) is 0 Å². The Bertz CT molecular complexity index is 1090. The van der Waals surface area contributed by atoms with E-state index in [1.165, 1.54) is 23.4 Å². The molecule has 1 aliphatic heterocycles. The number of nitro benzene ring substituents is 1. The number of ether oxygens (including phenoxy) is 2. The van der Waals surface area contributed by atoms with Gasteiger partial charge in [0.1, 0.15) is 12.4 Å². The number of hydrogen-bond donors (Lipinski definition) is 0. The van der Waals surface area contributed by atoms with E-state index in [1.807, 2.05) is 6.92 Å². The normalized spacial score (nSPS) is 14.4. The summed E-state index contributed by atoms with van der Waals surface area (Å²) in [4.78, 5) is 22.5. The van der Waals surface area contributed by atoms with Crippen LogP contribution in [0.25, 0.3) is 0 Å². The van der Waals surface area contributed by atoms with Crippen LogP contribution in [-0.2, 0) is 16.6 Å². The number of nitrogens with zero attached hydrogens (tertiary/aromatic N) is 2. The summed E-state index contributed by atoms with van der Waals surface area (Å²) in [6.07, 6.45) is 1.54. The molecule has 0 aliphatic carbocycles. The molecule has 31 heavy (non-hydrogen) atoms. The highest BCUT2D eigenvalue weighted by molar-refractivity contribution is 7.89. The zero-order chi connectivity index (χ0) is 22.6. The fourth-order valence-electron chi connectivity index (χ4n) is 3.36. The van der Waals surface area contributed by atoms with Crippen LogP contribution in [0.5, 0.6) is 11.5 Å². The van der Waals surface area contributed by atoms with Crippen LogP contribution in [0.1, 0.15) is 42.6 Å². The summed E-state index contributed by atoms with van der Waals surface area (Å²) in [6.45, 7) is 4.37. The molecular formula is C21H24N2O7S. The van der Waals surface area contributed by atoms with Crippen molar-refractivity contribution >= 4 is 21.5 Å². The van der Waals surface area contributed by atoms with Gasteiger partial charge in [-0.25, -0.2) is 8.42 Å². The number of carbonyl (C=O) groups is 1. The predicted octanol–water partition coefficient (Wildman–Crippen LogP) is 3.56. The summed E-state index contributed by atoms with van der Waals surface area (Å²) in [5, 5.41) is 11.6. The Labute approximate surface area is 180 Å². The highest BCUT2D eigenvalue weighted by Crippen LogP contribution is 2.33. The SMILES string of the molecule is CCOc1ccc(C(C)=O)cc1COc1ccc(S(=O)(=O)N2CCCC2)cc1[N+](=O)[O-]. The number of carbonyl (C=O) groups excluding carboxylic acids is 1. The molecule has 0 atom stereocenters. The van der Waals surface area contributed by atoms with Gasteiger partial charge in [0.05, 0.1) is 16.4 Å². The molecule has 0 unspecified atom stereocenters. The maximum absolute atomic E-state index is 12.7. The fourth-order valence-corrected chi connectivity index (χ4v) is 4.90. The van der Waals surface area contributed by atoms with Crippen molar-refractivity contribution < 1.29 is 27.6 Å². The molecular weight excluding hydrogens is 424 g/mol. The highest BCUT2D eigenvalue weighted by atomic mass is 32.2. The van der Waals surface area contributed by atoms with Crippen LogP contribution < -0.4 is 9.47 Å². The van der Waals surface area contributed by atoms with E-state index in [2.05, 4.69) is 0 Å². The van der Waals surface area contributed by atoms with Gasteiger partial charge in [0.2, 0.25) is 10.0 Å². The molecule has 3 rings (SSSR count). The monoisotopic (exact) mass is 448 g/mol. The number of rotatable bonds is 9. The average Bonchev–Trinajstić information content (AvgIpc) is 3.28. The quantitative estimate of drug-likeness (QED) is 0.327. The number of nitro groups is 1. The van der Waals surface area contributed by atoms with Gasteiger partial charge in [-0.3, -0.25) is 14.9 Å². The summed E-state index contributed by atoms with van der Waals surface area (Å²) in [7, 11) is -3.79. The van der Waals surface area contributed by atoms with Gasteiger partial charge >= 0.3 is 5.69 Å². The lowest BCUT2D eigenvalue weighted by molar-refractivity contribution is -0.386. The molecule has 2 aromatic rings. The average molecular weight is 448 g/mol. The number of benzene rings is 2. The van der Waals surface area contributed by atoms with Crippen molar-refractivity contribution in [2.24, 2.45) is 0 Å². The lowest BCUT2D eigenvalue weighted by atomic mass is 10.1. The van der Waals surface area contributed by atoms with Crippen LogP contribution >= 0.6 is 0 Å². The summed E-state index contributed by atoms with van der Waals surface area (Å²) >= 11 is 0. The first kappa shape index (κ1) is 22.7. The number of sulfonamides is 1. The van der Waals surface area contributed by atoms with Crippen LogP contribution in [0.2, 0.25) is 0 Å². The third-order valence-corrected chi connectivity index (χ3v) is 6.87. The molecule has 0 amide bonds. The molecule has 0 bridgehead atoms. The smallest absolute Gasteiger partial charge is 0.312 e. The Balaban J connectivity index is 1.89. The Morgan fingerprint density at radius 2 is 1.77 bits per heavy atom. The van der Waals surface area contributed by atoms with Gasteiger partial charge in [-0.1, -0.05) is 0 Å². The van der Waals surface area contributed by atoms with E-state index in [4.69, 9.17) is 9.47 Å². The molecule has 0 N–H and O–H groups in total. The van der Waals surface area contributed by atoms with Crippen LogP contribution in [0, 0.1) is 10.1 Å². The molecule has 2 aromatic carbocycles. The van der Waals surface area contributed by atoms with Gasteiger partial charge in [0.15, 0.2) is 11.5 Å². The zero-order valence-corrected chi connectivity index (χ0v) is 18.2. The Hall–Kier alpha value is -2.98. The Morgan fingerprint density at radius 1 is 1.10 bits per heavy atom. The van der Waals surface area contributed by atoms with Gasteiger partial charge in [0.25, 0.3) is 0 Å². The molecule has 9 nitrogen and oxygen atoms in total. The van der Waals surface area contributed by atoms with Gasteiger partial charge in [-0.05, 0) is 57.0 Å². The first-order valence-electron chi connectivity index (χ1n) is 9.92. The number of Topliss-reactive ketones (excluding diaryl/α,β-unsaturated/α-hetero) is 1. The molecule has 0 spiro atoms. The second-order valence-corrected chi connectivity index (χ2v) is 9.04. The fraction of sp³-hybridized carbons (Fsp3) is 0.381. The van der Waals surface area contributed by atoms with E-state index >= 15 is 0 Å². The van der Waals surface area contributed by atoms with Crippen molar-refractivity contribution in [2.75, 3.05) is 19.7 Å². The van der Waals surface area contributed by atoms with Crippen molar-refractivity contribution in [3.8, 4) is 11.5 Å². The zero-order valence-electron chi connectivity index (χ0n) is 17.4. The van der Waals surface area contributed by atoms with Crippen LogP contribution in [0.15, 0.2) is 41.3 Å². The van der Waals surface area contributed by atoms with Crippen LogP contribution in [-0.4, -0.2) is 43.1 Å². The second-order valence-electron chi connectivity index (χ2n) is 7.10. The summed E-state index contributed by atoms with van der Waals surface area (Å²) in [5.74, 6) is 0.302. The predicted molar refractivity (Wildman–Crippen MR) is 113 cm³/mol. The summed E-state index contributed by atoms with van der Waals surface area (Å²) in [6, 6.07) is 8.53. The van der Waals surface area contributed by atoms with Gasteiger partial charge in [-0.15, -0.1) is 0 Å². The van der Waals surface area contributed by atoms with Crippen LogP contribution in [0.4, 0.5) is 5.69 Å². The molecule has 1 fully saturated rings. The third-order valence-electron chi connectivity index (χ3n) is 4.98. The van der Waals surface area contributed by atoms with Gasteiger partial charge in [-0.2, -0.15) is 4.31 Å². The van der Waals surface area contributed by atoms with E-state index in [9.17, 15) is 23.3 Å². The minimum absolute atomic E-state index is 0.0685. The topological polar surface area (TPSA) is 116 Å². The maximum atomic E-state index is 12.7.